The van der Waals surface area contributed by atoms with Crippen molar-refractivity contribution in [3.8, 4) is 17.9 Å². The quantitative estimate of drug-likeness (QED) is 0.312. The largest absolute Gasteiger partial charge is 0.377 e. The van der Waals surface area contributed by atoms with Crippen LogP contribution in [0.25, 0.3) is 0 Å². The lowest BCUT2D eigenvalue weighted by atomic mass is 10.3. The highest BCUT2D eigenvalue weighted by atomic mass is 32.2. The smallest absolute Gasteiger partial charge is 0.339 e. The summed E-state index contributed by atoms with van der Waals surface area (Å²) in [5.74, 6) is -0.370. The molecule has 0 unspecified atom stereocenters. The zero-order valence-corrected chi connectivity index (χ0v) is 14.9. The maximum absolute atomic E-state index is 12.3. The van der Waals surface area contributed by atoms with Crippen LogP contribution in [0.4, 0.5) is 5.69 Å². The Bertz CT molecular complexity index is 1160. The molecule has 0 bridgehead atoms. The second kappa shape index (κ2) is 7.84. The van der Waals surface area contributed by atoms with Crippen LogP contribution in [-0.2, 0) is 20.2 Å². The van der Waals surface area contributed by atoms with Gasteiger partial charge < -0.3 is 4.18 Å². The van der Waals surface area contributed by atoms with E-state index in [0.29, 0.717) is 0 Å². The van der Waals surface area contributed by atoms with E-state index in [2.05, 4.69) is 10.5 Å². The number of nitriles is 2. The van der Waals surface area contributed by atoms with Crippen molar-refractivity contribution in [3.05, 3.63) is 48.5 Å². The van der Waals surface area contributed by atoms with Crippen molar-refractivity contribution < 1.29 is 25.6 Å². The van der Waals surface area contributed by atoms with Crippen molar-refractivity contribution in [2.24, 2.45) is 5.10 Å². The molecule has 0 radical (unpaired) electrons. The predicted molar refractivity (Wildman–Crippen MR) is 92.8 cm³/mol. The molecule has 0 aliphatic carbocycles. The van der Waals surface area contributed by atoms with Gasteiger partial charge in [-0.15, -0.1) is 0 Å². The molecule has 12 heteroatoms. The summed E-state index contributed by atoms with van der Waals surface area (Å²) in [6, 6.07) is 12.8. The predicted octanol–water partition coefficient (Wildman–Crippen LogP) is 1.52. The maximum atomic E-state index is 12.3. The van der Waals surface area contributed by atoms with Gasteiger partial charge in [-0.05, 0) is 30.3 Å². The summed E-state index contributed by atoms with van der Waals surface area (Å²) in [5.41, 5.74) is 1.26. The standard InChI is InChI=1S/C15H10N4O6S2/c16-9-11(10-17)18-19-14-8-13(26(20,21)22)6-7-15(14)25-27(23,24)12-4-2-1-3-5-12/h1-8,19H,(H,20,21,22). The second-order valence-corrected chi connectivity index (χ2v) is 7.75. The van der Waals surface area contributed by atoms with Crippen LogP contribution in [0.1, 0.15) is 0 Å². The van der Waals surface area contributed by atoms with Crippen LogP contribution >= 0.6 is 0 Å². The first-order chi connectivity index (χ1) is 12.7. The average Bonchev–Trinajstić information content (AvgIpc) is 2.63. The molecular formula is C15H10N4O6S2. The van der Waals surface area contributed by atoms with E-state index in [1.54, 1.807) is 6.07 Å². The monoisotopic (exact) mass is 406 g/mol. The highest BCUT2D eigenvalue weighted by molar-refractivity contribution is 7.87. The Morgan fingerprint density at radius 2 is 1.63 bits per heavy atom. The van der Waals surface area contributed by atoms with E-state index in [9.17, 15) is 16.8 Å². The van der Waals surface area contributed by atoms with Gasteiger partial charge in [-0.3, -0.25) is 9.98 Å². The molecule has 0 aliphatic rings. The SMILES string of the molecule is N#CC(C#N)=NNc1cc(S(=O)(=O)O)ccc1OS(=O)(=O)c1ccccc1. The Balaban J connectivity index is 2.51. The minimum Gasteiger partial charge on any atom is -0.377 e. The number of nitrogens with one attached hydrogen (secondary N) is 1. The Morgan fingerprint density at radius 3 is 2.19 bits per heavy atom. The van der Waals surface area contributed by atoms with Gasteiger partial charge in [-0.1, -0.05) is 18.2 Å². The Labute approximate surface area is 154 Å². The molecule has 0 amide bonds. The highest BCUT2D eigenvalue weighted by Gasteiger charge is 2.20. The van der Waals surface area contributed by atoms with Gasteiger partial charge >= 0.3 is 10.1 Å². The molecule has 0 saturated heterocycles. The van der Waals surface area contributed by atoms with Gasteiger partial charge in [0.05, 0.1) is 4.90 Å². The maximum Gasteiger partial charge on any atom is 0.339 e. The Hall–Kier alpha value is -3.45. The third kappa shape index (κ3) is 5.02. The lowest BCUT2D eigenvalue weighted by Gasteiger charge is -2.12. The lowest BCUT2D eigenvalue weighted by molar-refractivity contribution is 0.482. The van der Waals surface area contributed by atoms with Gasteiger partial charge in [0.25, 0.3) is 10.1 Å². The highest BCUT2D eigenvalue weighted by Crippen LogP contribution is 2.30. The molecule has 2 aromatic rings. The van der Waals surface area contributed by atoms with E-state index in [-0.39, 0.29) is 16.3 Å². The van der Waals surface area contributed by atoms with Gasteiger partial charge in [0, 0.05) is 0 Å². The summed E-state index contributed by atoms with van der Waals surface area (Å²) in [7, 11) is -8.88. The number of hydrogen-bond acceptors (Lipinski definition) is 9. The molecule has 0 atom stereocenters. The van der Waals surface area contributed by atoms with Gasteiger partial charge in [0.15, 0.2) is 5.75 Å². The molecule has 0 aliphatic heterocycles. The molecule has 138 valence electrons. The van der Waals surface area contributed by atoms with Gasteiger partial charge in [0.1, 0.15) is 22.7 Å². The van der Waals surface area contributed by atoms with Crippen molar-refractivity contribution >= 4 is 31.6 Å². The second-order valence-electron chi connectivity index (χ2n) is 4.78. The number of nitrogens with zero attached hydrogens (tertiary/aromatic N) is 3. The summed E-state index contributed by atoms with van der Waals surface area (Å²) in [6.45, 7) is 0. The third-order valence-corrected chi connectivity index (χ3v) is 5.08. The number of hydrogen-bond donors (Lipinski definition) is 2. The molecular weight excluding hydrogens is 396 g/mol. The number of hydrazone groups is 1. The average molecular weight is 406 g/mol. The molecule has 0 saturated carbocycles. The van der Waals surface area contributed by atoms with Crippen molar-refractivity contribution in [2.75, 3.05) is 5.43 Å². The molecule has 0 aromatic heterocycles. The fraction of sp³-hybridized carbons (Fsp3) is 0. The van der Waals surface area contributed by atoms with E-state index in [4.69, 9.17) is 19.3 Å². The van der Waals surface area contributed by atoms with Crippen LogP contribution in [0.2, 0.25) is 0 Å². The first kappa shape index (κ1) is 19.9. The van der Waals surface area contributed by atoms with Crippen molar-refractivity contribution in [1.29, 1.82) is 10.5 Å². The summed E-state index contributed by atoms with van der Waals surface area (Å²) in [4.78, 5) is -0.742. The topological polar surface area (TPSA) is 170 Å². The molecule has 10 nitrogen and oxygen atoms in total. The van der Waals surface area contributed by atoms with E-state index in [1.165, 1.54) is 36.4 Å². The molecule has 27 heavy (non-hydrogen) atoms. The van der Waals surface area contributed by atoms with E-state index in [0.717, 1.165) is 18.2 Å². The first-order valence-electron chi connectivity index (χ1n) is 6.92. The van der Waals surface area contributed by atoms with Gasteiger partial charge in [-0.2, -0.15) is 32.5 Å². The Kier molecular flexibility index (Phi) is 5.77. The van der Waals surface area contributed by atoms with E-state index in [1.807, 2.05) is 0 Å². The normalized spacial score (nSPS) is 10.9. The van der Waals surface area contributed by atoms with E-state index >= 15 is 0 Å². The van der Waals surface area contributed by atoms with Crippen molar-refractivity contribution in [2.45, 2.75) is 9.79 Å². The molecule has 0 spiro atoms. The van der Waals surface area contributed by atoms with Crippen LogP contribution in [-0.4, -0.2) is 27.1 Å². The van der Waals surface area contributed by atoms with Crippen LogP contribution in [0.5, 0.6) is 5.75 Å². The molecule has 2 aromatic carbocycles. The Morgan fingerprint density at radius 1 is 1.00 bits per heavy atom. The van der Waals surface area contributed by atoms with Crippen LogP contribution in [0.15, 0.2) is 63.4 Å². The number of anilines is 1. The number of rotatable bonds is 6. The van der Waals surface area contributed by atoms with Crippen LogP contribution in [0.3, 0.4) is 0 Å². The van der Waals surface area contributed by atoms with Crippen LogP contribution < -0.4 is 9.61 Å². The first-order valence-corrected chi connectivity index (χ1v) is 9.77. The van der Waals surface area contributed by atoms with Crippen molar-refractivity contribution in [1.82, 2.24) is 0 Å². The lowest BCUT2D eigenvalue weighted by Crippen LogP contribution is -2.11. The summed E-state index contributed by atoms with van der Waals surface area (Å²) >= 11 is 0. The minimum atomic E-state index is -4.61. The zero-order valence-electron chi connectivity index (χ0n) is 13.3. The summed E-state index contributed by atoms with van der Waals surface area (Å²) in [6.07, 6.45) is 0. The van der Waals surface area contributed by atoms with Crippen LogP contribution in [0, 0.1) is 22.7 Å². The third-order valence-electron chi connectivity index (χ3n) is 2.98. The fourth-order valence-corrected chi connectivity index (χ4v) is 3.25. The summed E-state index contributed by atoms with van der Waals surface area (Å²) < 4.78 is 61.3. The number of benzene rings is 2. The molecule has 0 heterocycles. The molecule has 0 fully saturated rings. The fourth-order valence-electron chi connectivity index (χ4n) is 1.77. The van der Waals surface area contributed by atoms with Gasteiger partial charge in [-0.25, -0.2) is 0 Å². The van der Waals surface area contributed by atoms with Crippen molar-refractivity contribution in [3.63, 3.8) is 0 Å². The zero-order chi connectivity index (χ0) is 20.1. The van der Waals surface area contributed by atoms with Gasteiger partial charge in [0.2, 0.25) is 5.71 Å². The molecule has 2 N–H and O–H groups in total. The minimum absolute atomic E-state index is 0.159. The van der Waals surface area contributed by atoms with E-state index < -0.39 is 30.8 Å². The summed E-state index contributed by atoms with van der Waals surface area (Å²) in [5, 5.41) is 20.8. The molecule has 2 rings (SSSR count).